The molecule has 0 radical (unpaired) electrons. The highest BCUT2D eigenvalue weighted by Gasteiger charge is 2.41. The number of β-lactam (4-membered cyclic amide) rings is 1. The Kier molecular flexibility index (Phi) is 7.48. The van der Waals surface area contributed by atoms with Gasteiger partial charge in [-0.05, 0) is 24.1 Å². The quantitative estimate of drug-likeness (QED) is 0.751. The molecule has 0 bridgehead atoms. The number of rotatable bonds is 6. The second-order valence-corrected chi connectivity index (χ2v) is 7.04. The summed E-state index contributed by atoms with van der Waals surface area (Å²) in [4.78, 5) is 30.1. The van der Waals surface area contributed by atoms with Gasteiger partial charge >= 0.3 is 6.03 Å². The Balaban J connectivity index is 0.00000243. The van der Waals surface area contributed by atoms with E-state index in [0.29, 0.717) is 12.2 Å². The van der Waals surface area contributed by atoms with Gasteiger partial charge in [0, 0.05) is 11.9 Å². The highest BCUT2D eigenvalue weighted by Crippen LogP contribution is 2.32. The molecule has 1 aromatic heterocycles. The molecule has 1 N–H and O–H groups in total. The van der Waals surface area contributed by atoms with Crippen LogP contribution >= 0.6 is 24.2 Å². The minimum Gasteiger partial charge on any atom is -0.331 e. The summed E-state index contributed by atoms with van der Waals surface area (Å²) in [7, 11) is 0. The molecule has 7 heteroatoms. The van der Waals surface area contributed by atoms with Crippen molar-refractivity contribution in [2.24, 2.45) is 0 Å². The standard InChI is InChI=1S/C19H21N3O2S.ClH/c1-2-16(14-8-4-3-5-9-14)21-19(24)22-17(23)12-18(22)25-13-15-10-6-7-11-20-15;/h3-11,16,18H,2,12-13H2,1H3,(H,21,24);1H/t16-,18+;/m1./s1. The SMILES string of the molecule is CC[C@@H](NC(=O)N1C(=O)C[C@@H]1SCc1ccccn1)c1ccccc1.Cl. The lowest BCUT2D eigenvalue weighted by molar-refractivity contribution is -0.137. The third-order valence-electron chi connectivity index (χ3n) is 4.18. The molecule has 1 aliphatic heterocycles. The van der Waals surface area contributed by atoms with E-state index in [2.05, 4.69) is 10.3 Å². The lowest BCUT2D eigenvalue weighted by Gasteiger charge is -2.38. The molecule has 2 atom stereocenters. The topological polar surface area (TPSA) is 62.3 Å². The molecule has 1 saturated heterocycles. The fourth-order valence-corrected chi connectivity index (χ4v) is 3.91. The van der Waals surface area contributed by atoms with E-state index in [1.165, 1.54) is 4.90 Å². The fraction of sp³-hybridized carbons (Fsp3) is 0.316. The molecular formula is C19H22ClN3O2S. The van der Waals surface area contributed by atoms with Gasteiger partial charge in [0.1, 0.15) is 0 Å². The minimum absolute atomic E-state index is 0. The Morgan fingerprint density at radius 1 is 1.27 bits per heavy atom. The molecule has 1 aromatic carbocycles. The van der Waals surface area contributed by atoms with Crippen LogP contribution in [-0.2, 0) is 10.5 Å². The van der Waals surface area contributed by atoms with Crippen molar-refractivity contribution >= 4 is 36.1 Å². The largest absolute Gasteiger partial charge is 0.331 e. The summed E-state index contributed by atoms with van der Waals surface area (Å²) in [6, 6.07) is 15.2. The molecule has 138 valence electrons. The van der Waals surface area contributed by atoms with Gasteiger partial charge in [0.25, 0.3) is 0 Å². The summed E-state index contributed by atoms with van der Waals surface area (Å²) < 4.78 is 0. The van der Waals surface area contributed by atoms with Gasteiger partial charge in [-0.1, -0.05) is 43.3 Å². The average molecular weight is 392 g/mol. The lowest BCUT2D eigenvalue weighted by atomic mass is 10.0. The number of urea groups is 1. The normalized spacial score (nSPS) is 17.0. The number of halogens is 1. The Hall–Kier alpha value is -2.05. The predicted octanol–water partition coefficient (Wildman–Crippen LogP) is 4.16. The highest BCUT2D eigenvalue weighted by atomic mass is 35.5. The van der Waals surface area contributed by atoms with Crippen molar-refractivity contribution in [3.8, 4) is 0 Å². The summed E-state index contributed by atoms with van der Waals surface area (Å²) >= 11 is 1.57. The fourth-order valence-electron chi connectivity index (χ4n) is 2.75. The first kappa shape index (κ1) is 20.3. The number of hydrogen-bond acceptors (Lipinski definition) is 4. The summed E-state index contributed by atoms with van der Waals surface area (Å²) in [5, 5.41) is 2.86. The molecule has 0 saturated carbocycles. The Morgan fingerprint density at radius 2 is 2.00 bits per heavy atom. The number of amides is 3. The van der Waals surface area contributed by atoms with Gasteiger partial charge in [0.05, 0.1) is 23.5 Å². The molecule has 3 rings (SSSR count). The zero-order valence-corrected chi connectivity index (χ0v) is 16.1. The molecule has 2 aromatic rings. The number of nitrogens with one attached hydrogen (secondary N) is 1. The first-order chi connectivity index (χ1) is 12.2. The van der Waals surface area contributed by atoms with Crippen LogP contribution in [0.1, 0.15) is 37.1 Å². The van der Waals surface area contributed by atoms with Crippen molar-refractivity contribution in [2.75, 3.05) is 0 Å². The summed E-state index contributed by atoms with van der Waals surface area (Å²) in [6.45, 7) is 2.02. The van der Waals surface area contributed by atoms with Crippen molar-refractivity contribution in [2.45, 2.75) is 36.9 Å². The van der Waals surface area contributed by atoms with E-state index in [0.717, 1.165) is 17.7 Å². The predicted molar refractivity (Wildman–Crippen MR) is 106 cm³/mol. The van der Waals surface area contributed by atoms with Crippen molar-refractivity contribution in [3.05, 3.63) is 66.0 Å². The summed E-state index contributed by atoms with van der Waals surface area (Å²) in [6.07, 6.45) is 2.91. The number of pyridine rings is 1. The van der Waals surface area contributed by atoms with Crippen LogP contribution in [0.25, 0.3) is 0 Å². The summed E-state index contributed by atoms with van der Waals surface area (Å²) in [5.74, 6) is 0.553. The first-order valence-corrected chi connectivity index (χ1v) is 9.43. The van der Waals surface area contributed by atoms with E-state index >= 15 is 0 Å². The Bertz CT molecular complexity index is 730. The maximum absolute atomic E-state index is 12.6. The van der Waals surface area contributed by atoms with E-state index in [9.17, 15) is 9.59 Å². The summed E-state index contributed by atoms with van der Waals surface area (Å²) in [5.41, 5.74) is 1.99. The van der Waals surface area contributed by atoms with Gasteiger partial charge < -0.3 is 5.32 Å². The Morgan fingerprint density at radius 3 is 2.62 bits per heavy atom. The molecule has 2 heterocycles. The van der Waals surface area contributed by atoms with Crippen LogP contribution < -0.4 is 5.32 Å². The first-order valence-electron chi connectivity index (χ1n) is 8.38. The van der Waals surface area contributed by atoms with Gasteiger partial charge in [0.2, 0.25) is 5.91 Å². The van der Waals surface area contributed by atoms with Crippen LogP contribution in [0.15, 0.2) is 54.7 Å². The second-order valence-electron chi connectivity index (χ2n) is 5.88. The maximum atomic E-state index is 12.6. The molecule has 3 amide bonds. The minimum atomic E-state index is -0.314. The van der Waals surface area contributed by atoms with Gasteiger partial charge in [-0.3, -0.25) is 14.7 Å². The van der Waals surface area contributed by atoms with Gasteiger partial charge in [-0.25, -0.2) is 4.79 Å². The molecule has 1 aliphatic rings. The van der Waals surface area contributed by atoms with Crippen molar-refractivity contribution in [1.82, 2.24) is 15.2 Å². The number of carbonyl (C=O) groups is 2. The van der Waals surface area contributed by atoms with Crippen molar-refractivity contribution < 1.29 is 9.59 Å². The van der Waals surface area contributed by atoms with Crippen LogP contribution in [0, 0.1) is 0 Å². The van der Waals surface area contributed by atoms with Gasteiger partial charge in [-0.2, -0.15) is 0 Å². The van der Waals surface area contributed by atoms with Crippen molar-refractivity contribution in [1.29, 1.82) is 0 Å². The van der Waals surface area contributed by atoms with Crippen LogP contribution in [0.4, 0.5) is 4.79 Å². The van der Waals surface area contributed by atoms with E-state index < -0.39 is 0 Å². The smallest absolute Gasteiger partial charge is 0.325 e. The average Bonchev–Trinajstić information content (AvgIpc) is 2.64. The van der Waals surface area contributed by atoms with Crippen LogP contribution in [-0.4, -0.2) is 27.2 Å². The van der Waals surface area contributed by atoms with Crippen LogP contribution in [0.5, 0.6) is 0 Å². The Labute approximate surface area is 164 Å². The number of aromatic nitrogens is 1. The monoisotopic (exact) mass is 391 g/mol. The molecule has 0 unspecified atom stereocenters. The van der Waals surface area contributed by atoms with E-state index in [-0.39, 0.29) is 35.8 Å². The van der Waals surface area contributed by atoms with E-state index in [1.54, 1.807) is 18.0 Å². The third kappa shape index (κ3) is 4.77. The molecule has 0 spiro atoms. The van der Waals surface area contributed by atoms with Gasteiger partial charge in [0.15, 0.2) is 0 Å². The van der Waals surface area contributed by atoms with Gasteiger partial charge in [-0.15, -0.1) is 24.2 Å². The zero-order chi connectivity index (χ0) is 17.6. The molecular weight excluding hydrogens is 370 g/mol. The van der Waals surface area contributed by atoms with Crippen LogP contribution in [0.3, 0.4) is 0 Å². The number of hydrogen-bond donors (Lipinski definition) is 1. The second kappa shape index (κ2) is 9.59. The van der Waals surface area contributed by atoms with Crippen LogP contribution in [0.2, 0.25) is 0 Å². The molecule has 1 fully saturated rings. The molecule has 0 aliphatic carbocycles. The van der Waals surface area contributed by atoms with E-state index in [4.69, 9.17) is 0 Å². The number of nitrogens with zero attached hydrogens (tertiary/aromatic N) is 2. The number of benzene rings is 1. The third-order valence-corrected chi connectivity index (χ3v) is 5.41. The number of likely N-dealkylation sites (tertiary alicyclic amines) is 1. The van der Waals surface area contributed by atoms with Crippen molar-refractivity contribution in [3.63, 3.8) is 0 Å². The van der Waals surface area contributed by atoms with E-state index in [1.807, 2.05) is 55.5 Å². The maximum Gasteiger partial charge on any atom is 0.325 e. The number of carbonyl (C=O) groups excluding carboxylic acids is 2. The molecule has 26 heavy (non-hydrogen) atoms. The lowest BCUT2D eigenvalue weighted by Crippen LogP contribution is -2.57. The highest BCUT2D eigenvalue weighted by molar-refractivity contribution is 7.99. The number of imide groups is 1. The molecule has 5 nitrogen and oxygen atoms in total. The zero-order valence-electron chi connectivity index (χ0n) is 14.5. The number of thioether (sulfide) groups is 1.